The maximum atomic E-state index is 12.8. The summed E-state index contributed by atoms with van der Waals surface area (Å²) in [6.07, 6.45) is 2.90. The average Bonchev–Trinajstić information content (AvgIpc) is 3.27. The van der Waals surface area contributed by atoms with Crippen molar-refractivity contribution in [3.05, 3.63) is 97.9 Å². The van der Waals surface area contributed by atoms with Gasteiger partial charge in [-0.1, -0.05) is 36.4 Å². The van der Waals surface area contributed by atoms with E-state index in [0.29, 0.717) is 22.2 Å². The SMILES string of the molecule is CSCc1cccc(CCC(=O)c2nc3scc(COCc4ccc(C(=O)O)cc4)c3c(=O)[nH]2)c1. The summed E-state index contributed by atoms with van der Waals surface area (Å²) in [7, 11) is 0. The van der Waals surface area contributed by atoms with E-state index in [2.05, 4.69) is 28.4 Å². The quantitative estimate of drug-likeness (QED) is 0.272. The molecule has 0 saturated carbocycles. The lowest BCUT2D eigenvalue weighted by atomic mass is 10.1. The van der Waals surface area contributed by atoms with Crippen molar-refractivity contribution in [3.8, 4) is 0 Å². The fourth-order valence-electron chi connectivity index (χ4n) is 3.69. The van der Waals surface area contributed by atoms with E-state index in [4.69, 9.17) is 9.84 Å². The number of aromatic amines is 1. The third kappa shape index (κ3) is 6.25. The topological polar surface area (TPSA) is 109 Å². The molecule has 2 aromatic carbocycles. The third-order valence-electron chi connectivity index (χ3n) is 5.45. The number of carbonyl (C=O) groups is 2. The zero-order valence-corrected chi connectivity index (χ0v) is 20.7. The van der Waals surface area contributed by atoms with Gasteiger partial charge in [-0.15, -0.1) is 11.3 Å². The van der Waals surface area contributed by atoms with Crippen molar-refractivity contribution < 1.29 is 19.4 Å². The van der Waals surface area contributed by atoms with Gasteiger partial charge in [0.05, 0.1) is 24.2 Å². The molecule has 7 nitrogen and oxygen atoms in total. The first-order chi connectivity index (χ1) is 16.9. The highest BCUT2D eigenvalue weighted by atomic mass is 32.2. The number of carboxylic acid groups (broad SMARTS) is 1. The molecule has 0 atom stereocenters. The molecule has 180 valence electrons. The number of aryl methyl sites for hydroxylation is 1. The molecule has 0 aliphatic carbocycles. The van der Waals surface area contributed by atoms with Crippen LogP contribution in [0.2, 0.25) is 0 Å². The summed E-state index contributed by atoms with van der Waals surface area (Å²) in [6, 6.07) is 14.6. The Bertz CT molecular complexity index is 1410. The molecule has 0 amide bonds. The first-order valence-electron chi connectivity index (χ1n) is 10.9. The number of nitrogens with one attached hydrogen (secondary N) is 1. The zero-order chi connectivity index (χ0) is 24.8. The molecule has 0 aliphatic rings. The number of fused-ring (bicyclic) bond motifs is 1. The Morgan fingerprint density at radius 2 is 1.86 bits per heavy atom. The Labute approximate surface area is 210 Å². The van der Waals surface area contributed by atoms with Crippen LogP contribution in [0.1, 0.15) is 49.7 Å². The molecule has 0 aliphatic heterocycles. The summed E-state index contributed by atoms with van der Waals surface area (Å²) in [6.45, 7) is 0.475. The lowest BCUT2D eigenvalue weighted by molar-refractivity contribution is 0.0696. The van der Waals surface area contributed by atoms with Gasteiger partial charge < -0.3 is 14.8 Å². The van der Waals surface area contributed by atoms with Gasteiger partial charge in [0, 0.05) is 17.7 Å². The van der Waals surface area contributed by atoms with Crippen LogP contribution in [0.3, 0.4) is 0 Å². The van der Waals surface area contributed by atoms with Gasteiger partial charge in [-0.05, 0) is 46.9 Å². The van der Waals surface area contributed by atoms with Gasteiger partial charge in [0.1, 0.15) is 4.83 Å². The predicted molar refractivity (Wildman–Crippen MR) is 138 cm³/mol. The maximum Gasteiger partial charge on any atom is 0.335 e. The van der Waals surface area contributed by atoms with Gasteiger partial charge in [0.2, 0.25) is 0 Å². The second kappa shape index (κ2) is 11.4. The molecule has 0 unspecified atom stereocenters. The number of ether oxygens (including phenoxy) is 1. The number of rotatable bonds is 11. The molecular formula is C26H24N2O5S2. The smallest absolute Gasteiger partial charge is 0.335 e. The number of aromatic carboxylic acids is 1. The summed E-state index contributed by atoms with van der Waals surface area (Å²) < 4.78 is 5.73. The number of hydrogen-bond acceptors (Lipinski definition) is 7. The molecule has 2 aromatic heterocycles. The maximum absolute atomic E-state index is 12.8. The Morgan fingerprint density at radius 3 is 2.60 bits per heavy atom. The van der Waals surface area contributed by atoms with Crippen molar-refractivity contribution in [3.63, 3.8) is 0 Å². The van der Waals surface area contributed by atoms with E-state index in [0.717, 1.165) is 16.9 Å². The molecular weight excluding hydrogens is 484 g/mol. The molecule has 2 N–H and O–H groups in total. The van der Waals surface area contributed by atoms with Crippen LogP contribution in [-0.4, -0.2) is 33.1 Å². The van der Waals surface area contributed by atoms with Crippen LogP contribution in [0.5, 0.6) is 0 Å². The monoisotopic (exact) mass is 508 g/mol. The number of carboxylic acids is 1. The number of thiophene rings is 1. The van der Waals surface area contributed by atoms with E-state index in [9.17, 15) is 14.4 Å². The van der Waals surface area contributed by atoms with Crippen LogP contribution >= 0.6 is 23.1 Å². The van der Waals surface area contributed by atoms with Crippen molar-refractivity contribution in [1.82, 2.24) is 9.97 Å². The number of benzene rings is 2. The Morgan fingerprint density at radius 1 is 1.09 bits per heavy atom. The van der Waals surface area contributed by atoms with E-state index >= 15 is 0 Å². The van der Waals surface area contributed by atoms with Gasteiger partial charge in [-0.3, -0.25) is 9.59 Å². The van der Waals surface area contributed by atoms with Crippen LogP contribution in [0.25, 0.3) is 10.2 Å². The number of Topliss-reactive ketones (excluding diaryl/α,β-unsaturated/α-hetero) is 1. The van der Waals surface area contributed by atoms with E-state index < -0.39 is 5.97 Å². The van der Waals surface area contributed by atoms with Crippen molar-refractivity contribution in [2.75, 3.05) is 6.26 Å². The van der Waals surface area contributed by atoms with Gasteiger partial charge in [-0.2, -0.15) is 11.8 Å². The van der Waals surface area contributed by atoms with Gasteiger partial charge in [-0.25, -0.2) is 9.78 Å². The highest BCUT2D eigenvalue weighted by molar-refractivity contribution is 7.97. The third-order valence-corrected chi connectivity index (χ3v) is 7.00. The molecule has 4 rings (SSSR count). The molecule has 4 aromatic rings. The Balaban J connectivity index is 1.39. The minimum Gasteiger partial charge on any atom is -0.478 e. The number of H-pyrrole nitrogens is 1. The van der Waals surface area contributed by atoms with Crippen molar-refractivity contribution in [2.45, 2.75) is 31.8 Å². The highest BCUT2D eigenvalue weighted by Gasteiger charge is 2.16. The minimum absolute atomic E-state index is 0.0793. The fraction of sp³-hybridized carbons (Fsp3) is 0.231. The summed E-state index contributed by atoms with van der Waals surface area (Å²) in [5, 5.41) is 11.2. The Kier molecular flexibility index (Phi) is 8.12. The average molecular weight is 509 g/mol. The van der Waals surface area contributed by atoms with E-state index in [1.807, 2.05) is 17.5 Å². The molecule has 0 spiro atoms. The largest absolute Gasteiger partial charge is 0.478 e. The summed E-state index contributed by atoms with van der Waals surface area (Å²) in [5.41, 5.74) is 3.69. The highest BCUT2D eigenvalue weighted by Crippen LogP contribution is 2.23. The molecule has 0 fully saturated rings. The fourth-order valence-corrected chi connectivity index (χ4v) is 5.12. The first-order valence-corrected chi connectivity index (χ1v) is 13.2. The second-order valence-electron chi connectivity index (χ2n) is 8.03. The number of carbonyl (C=O) groups excluding carboxylic acids is 1. The molecule has 2 heterocycles. The molecule has 0 saturated heterocycles. The number of thioether (sulfide) groups is 1. The van der Waals surface area contributed by atoms with Crippen LogP contribution < -0.4 is 5.56 Å². The number of nitrogens with zero attached hydrogens (tertiary/aromatic N) is 1. The summed E-state index contributed by atoms with van der Waals surface area (Å²) in [4.78, 5) is 44.0. The van der Waals surface area contributed by atoms with Crippen molar-refractivity contribution >= 4 is 45.1 Å². The van der Waals surface area contributed by atoms with E-state index in [1.165, 1.54) is 29.0 Å². The number of aromatic nitrogens is 2. The number of ketones is 1. The lowest BCUT2D eigenvalue weighted by Gasteiger charge is -2.05. The molecule has 0 bridgehead atoms. The second-order valence-corrected chi connectivity index (χ2v) is 9.75. The van der Waals surface area contributed by atoms with Crippen LogP contribution in [-0.2, 0) is 30.1 Å². The minimum atomic E-state index is -0.979. The van der Waals surface area contributed by atoms with Crippen molar-refractivity contribution in [1.29, 1.82) is 0 Å². The van der Waals surface area contributed by atoms with Gasteiger partial charge in [0.25, 0.3) is 5.56 Å². The zero-order valence-electron chi connectivity index (χ0n) is 19.1. The molecule has 35 heavy (non-hydrogen) atoms. The van der Waals surface area contributed by atoms with Gasteiger partial charge in [0.15, 0.2) is 11.6 Å². The van der Waals surface area contributed by atoms with Crippen molar-refractivity contribution in [2.24, 2.45) is 0 Å². The number of hydrogen-bond donors (Lipinski definition) is 2. The normalized spacial score (nSPS) is 11.1. The van der Waals surface area contributed by atoms with E-state index in [1.54, 1.807) is 23.9 Å². The lowest BCUT2D eigenvalue weighted by Crippen LogP contribution is -2.16. The summed E-state index contributed by atoms with van der Waals surface area (Å²) in [5.74, 6) is -0.174. The molecule has 0 radical (unpaired) electrons. The van der Waals surface area contributed by atoms with Gasteiger partial charge >= 0.3 is 5.97 Å². The first kappa shape index (κ1) is 24.8. The van der Waals surface area contributed by atoms with E-state index in [-0.39, 0.29) is 42.4 Å². The standard InChI is InChI=1S/C26H24N2O5S2/c1-34-14-18-4-2-3-16(11-18)7-10-21(29)23-27-24(30)22-20(15-35-25(22)28-23)13-33-12-17-5-8-19(9-6-17)26(31)32/h2-6,8-9,11,15H,7,10,12-14H2,1H3,(H,31,32)(H,27,28,30). The molecule has 9 heteroatoms. The predicted octanol–water partition coefficient (Wildman–Crippen LogP) is 5.08. The van der Waals surface area contributed by atoms with Crippen LogP contribution in [0.4, 0.5) is 0 Å². The van der Waals surface area contributed by atoms with Crippen LogP contribution in [0, 0.1) is 0 Å². The summed E-state index contributed by atoms with van der Waals surface area (Å²) >= 11 is 3.05. The van der Waals surface area contributed by atoms with Crippen LogP contribution in [0.15, 0.2) is 58.7 Å². The Hall–Kier alpha value is -3.27.